The topological polar surface area (TPSA) is 97.3 Å². The number of amides is 1. The Labute approximate surface area is 137 Å². The molecule has 1 amide bonds. The maximum Gasteiger partial charge on any atom is 0.299 e. The normalized spacial score (nSPS) is 17.5. The summed E-state index contributed by atoms with van der Waals surface area (Å²) in [5.74, 6) is 0.853. The van der Waals surface area contributed by atoms with Gasteiger partial charge in [-0.15, -0.1) is 0 Å². The highest BCUT2D eigenvalue weighted by Gasteiger charge is 2.33. The first kappa shape index (κ1) is 14.7. The molecule has 8 heteroatoms. The molecule has 0 bridgehead atoms. The first-order valence-corrected chi connectivity index (χ1v) is 7.90. The second kappa shape index (κ2) is 5.95. The van der Waals surface area contributed by atoms with E-state index in [1.165, 1.54) is 0 Å². The number of benzene rings is 1. The number of nitrogens with zero attached hydrogens (tertiary/aromatic N) is 4. The standard InChI is InChI=1S/C16H17N5O3/c1-10-18-14(24-20-10)9-17-15(22)12-6-4-8-21(12)16-19-11-5-2-3-7-13(11)23-16/h2-3,5,7,12H,4,6,8-9H2,1H3,(H,17,22)/t12-/m1/s1. The maximum absolute atomic E-state index is 12.5. The van der Waals surface area contributed by atoms with Crippen LogP contribution in [0, 0.1) is 6.92 Å². The number of aromatic nitrogens is 3. The molecule has 1 aliphatic heterocycles. The largest absolute Gasteiger partial charge is 0.423 e. The first-order chi connectivity index (χ1) is 11.7. The number of hydrogen-bond acceptors (Lipinski definition) is 7. The van der Waals surface area contributed by atoms with Crippen molar-refractivity contribution in [3.63, 3.8) is 0 Å². The van der Waals surface area contributed by atoms with E-state index in [2.05, 4.69) is 20.4 Å². The lowest BCUT2D eigenvalue weighted by Gasteiger charge is -2.21. The van der Waals surface area contributed by atoms with E-state index >= 15 is 0 Å². The lowest BCUT2D eigenvalue weighted by Crippen LogP contribution is -2.43. The second-order valence-corrected chi connectivity index (χ2v) is 5.77. The van der Waals surface area contributed by atoms with Gasteiger partial charge in [0.15, 0.2) is 11.4 Å². The first-order valence-electron chi connectivity index (χ1n) is 7.90. The summed E-state index contributed by atoms with van der Waals surface area (Å²) >= 11 is 0. The Morgan fingerprint density at radius 1 is 1.38 bits per heavy atom. The van der Waals surface area contributed by atoms with E-state index < -0.39 is 0 Å². The molecule has 1 fully saturated rings. The van der Waals surface area contributed by atoms with Gasteiger partial charge in [0.2, 0.25) is 11.8 Å². The fourth-order valence-corrected chi connectivity index (χ4v) is 2.94. The highest BCUT2D eigenvalue weighted by molar-refractivity contribution is 5.85. The van der Waals surface area contributed by atoms with Gasteiger partial charge in [-0.2, -0.15) is 9.97 Å². The predicted molar refractivity (Wildman–Crippen MR) is 85.3 cm³/mol. The van der Waals surface area contributed by atoms with Gasteiger partial charge in [0, 0.05) is 6.54 Å². The van der Waals surface area contributed by atoms with Crippen LogP contribution in [0.2, 0.25) is 0 Å². The molecule has 4 rings (SSSR count). The molecule has 1 atom stereocenters. The minimum Gasteiger partial charge on any atom is -0.423 e. The minimum absolute atomic E-state index is 0.0920. The van der Waals surface area contributed by atoms with Crippen LogP contribution < -0.4 is 10.2 Å². The zero-order valence-corrected chi connectivity index (χ0v) is 13.2. The third kappa shape index (κ3) is 2.70. The maximum atomic E-state index is 12.5. The predicted octanol–water partition coefficient (Wildman–Crippen LogP) is 1.80. The van der Waals surface area contributed by atoms with Crippen LogP contribution in [0.4, 0.5) is 6.01 Å². The van der Waals surface area contributed by atoms with Gasteiger partial charge in [0.25, 0.3) is 6.01 Å². The number of carbonyl (C=O) groups excluding carboxylic acids is 1. The Morgan fingerprint density at radius 2 is 2.25 bits per heavy atom. The molecule has 124 valence electrons. The van der Waals surface area contributed by atoms with Gasteiger partial charge >= 0.3 is 0 Å². The molecule has 0 aliphatic carbocycles. The molecule has 8 nitrogen and oxygen atoms in total. The molecule has 1 aliphatic rings. The molecule has 0 spiro atoms. The molecule has 1 saturated heterocycles. The monoisotopic (exact) mass is 327 g/mol. The highest BCUT2D eigenvalue weighted by atomic mass is 16.5. The third-order valence-electron chi connectivity index (χ3n) is 4.07. The second-order valence-electron chi connectivity index (χ2n) is 5.77. The number of hydrogen-bond donors (Lipinski definition) is 1. The number of carbonyl (C=O) groups is 1. The van der Waals surface area contributed by atoms with Crippen LogP contribution in [0.1, 0.15) is 24.6 Å². The van der Waals surface area contributed by atoms with Crippen molar-refractivity contribution in [2.75, 3.05) is 11.4 Å². The molecular weight excluding hydrogens is 310 g/mol. The summed E-state index contributed by atoms with van der Waals surface area (Å²) in [6.45, 7) is 2.70. The van der Waals surface area contributed by atoms with E-state index in [1.54, 1.807) is 6.92 Å². The third-order valence-corrected chi connectivity index (χ3v) is 4.07. The summed E-state index contributed by atoms with van der Waals surface area (Å²) in [4.78, 5) is 23.0. The molecule has 3 aromatic rings. The zero-order valence-electron chi connectivity index (χ0n) is 13.2. The van der Waals surface area contributed by atoms with Crippen molar-refractivity contribution in [2.24, 2.45) is 0 Å². The van der Waals surface area contributed by atoms with E-state index in [0.29, 0.717) is 17.7 Å². The van der Waals surface area contributed by atoms with E-state index in [1.807, 2.05) is 29.2 Å². The lowest BCUT2D eigenvalue weighted by molar-refractivity contribution is -0.122. The van der Waals surface area contributed by atoms with Gasteiger partial charge in [-0.25, -0.2) is 0 Å². The van der Waals surface area contributed by atoms with Gasteiger partial charge in [-0.1, -0.05) is 17.3 Å². The van der Waals surface area contributed by atoms with Crippen molar-refractivity contribution >= 4 is 23.0 Å². The van der Waals surface area contributed by atoms with Gasteiger partial charge in [-0.05, 0) is 31.9 Å². The molecule has 0 saturated carbocycles. The summed E-state index contributed by atoms with van der Waals surface area (Å²) in [5, 5.41) is 6.55. The number of oxazole rings is 1. The van der Waals surface area contributed by atoms with E-state index in [4.69, 9.17) is 8.94 Å². The molecule has 1 N–H and O–H groups in total. The number of nitrogens with one attached hydrogen (secondary N) is 1. The number of rotatable bonds is 4. The number of anilines is 1. The molecule has 0 unspecified atom stereocenters. The van der Waals surface area contributed by atoms with Crippen molar-refractivity contribution in [2.45, 2.75) is 32.4 Å². The van der Waals surface area contributed by atoms with Crippen LogP contribution in [0.5, 0.6) is 0 Å². The highest BCUT2D eigenvalue weighted by Crippen LogP contribution is 2.28. The van der Waals surface area contributed by atoms with Gasteiger partial charge in [-0.3, -0.25) is 4.79 Å². The van der Waals surface area contributed by atoms with Crippen molar-refractivity contribution < 1.29 is 13.7 Å². The average molecular weight is 327 g/mol. The number of aryl methyl sites for hydroxylation is 1. The average Bonchev–Trinajstić information content (AvgIpc) is 3.30. The summed E-state index contributed by atoms with van der Waals surface area (Å²) < 4.78 is 10.8. The Balaban J connectivity index is 1.48. The Hall–Kier alpha value is -2.90. The quantitative estimate of drug-likeness (QED) is 0.780. The fraction of sp³-hybridized carbons (Fsp3) is 0.375. The number of para-hydroxylation sites is 2. The van der Waals surface area contributed by atoms with Crippen LogP contribution in [-0.4, -0.2) is 33.6 Å². The Morgan fingerprint density at radius 3 is 3.04 bits per heavy atom. The molecule has 3 heterocycles. The SMILES string of the molecule is Cc1noc(CNC(=O)[C@H]2CCCN2c2nc3ccccc3o2)n1. The van der Waals surface area contributed by atoms with Crippen LogP contribution in [0.15, 0.2) is 33.2 Å². The van der Waals surface area contributed by atoms with E-state index in [0.717, 1.165) is 30.5 Å². The van der Waals surface area contributed by atoms with Crippen LogP contribution >= 0.6 is 0 Å². The zero-order chi connectivity index (χ0) is 16.5. The molecule has 1 aromatic carbocycles. The summed E-state index contributed by atoms with van der Waals surface area (Å²) in [7, 11) is 0. The summed E-state index contributed by atoms with van der Waals surface area (Å²) in [6, 6.07) is 7.76. The molecule has 0 radical (unpaired) electrons. The molecule has 2 aromatic heterocycles. The van der Waals surface area contributed by atoms with Crippen molar-refractivity contribution in [3.05, 3.63) is 36.0 Å². The van der Waals surface area contributed by atoms with Gasteiger partial charge in [0.1, 0.15) is 11.6 Å². The van der Waals surface area contributed by atoms with Gasteiger partial charge < -0.3 is 19.2 Å². The van der Waals surface area contributed by atoms with Crippen LogP contribution in [-0.2, 0) is 11.3 Å². The van der Waals surface area contributed by atoms with Gasteiger partial charge in [0.05, 0.1) is 6.54 Å². The van der Waals surface area contributed by atoms with Crippen LogP contribution in [0.3, 0.4) is 0 Å². The van der Waals surface area contributed by atoms with Crippen molar-refractivity contribution in [1.82, 2.24) is 20.4 Å². The Bertz CT molecular complexity index is 838. The lowest BCUT2D eigenvalue weighted by atomic mass is 10.2. The molecule has 24 heavy (non-hydrogen) atoms. The molecular formula is C16H17N5O3. The van der Waals surface area contributed by atoms with Crippen molar-refractivity contribution in [1.29, 1.82) is 0 Å². The number of fused-ring (bicyclic) bond motifs is 1. The Kier molecular flexibility index (Phi) is 3.64. The fourth-order valence-electron chi connectivity index (χ4n) is 2.94. The summed E-state index contributed by atoms with van der Waals surface area (Å²) in [5.41, 5.74) is 1.51. The smallest absolute Gasteiger partial charge is 0.299 e. The summed E-state index contributed by atoms with van der Waals surface area (Å²) in [6.07, 6.45) is 1.67. The minimum atomic E-state index is -0.304. The van der Waals surface area contributed by atoms with E-state index in [-0.39, 0.29) is 18.5 Å². The van der Waals surface area contributed by atoms with Crippen molar-refractivity contribution in [3.8, 4) is 0 Å². The van der Waals surface area contributed by atoms with Crippen LogP contribution in [0.25, 0.3) is 11.1 Å². The van der Waals surface area contributed by atoms with E-state index in [9.17, 15) is 4.79 Å².